The molecule has 1 aliphatic carbocycles. The van der Waals surface area contributed by atoms with E-state index in [2.05, 4.69) is 0 Å². The van der Waals surface area contributed by atoms with Crippen LogP contribution in [0, 0.1) is 5.92 Å². The first-order chi connectivity index (χ1) is 8.58. The molecule has 0 amide bonds. The van der Waals surface area contributed by atoms with Gasteiger partial charge >= 0.3 is 5.97 Å². The van der Waals surface area contributed by atoms with Gasteiger partial charge in [-0.15, -0.1) is 0 Å². The average molecular weight is 271 g/mol. The number of fused-ring (bicyclic) bond motifs is 1. The van der Waals surface area contributed by atoms with E-state index in [4.69, 9.17) is 26.2 Å². The lowest BCUT2D eigenvalue weighted by molar-refractivity contribution is -0.142. The Morgan fingerprint density at radius 1 is 1.44 bits per heavy atom. The van der Waals surface area contributed by atoms with Crippen LogP contribution in [0.2, 0.25) is 5.02 Å². The molecule has 0 heterocycles. The molecular formula is C13H15ClO4. The Hall–Kier alpha value is -1.42. The van der Waals surface area contributed by atoms with Crippen molar-refractivity contribution in [1.82, 2.24) is 0 Å². The van der Waals surface area contributed by atoms with Gasteiger partial charge < -0.3 is 14.6 Å². The number of aliphatic carboxylic acids is 1. The fourth-order valence-corrected chi connectivity index (χ4v) is 2.77. The van der Waals surface area contributed by atoms with Crippen molar-refractivity contribution in [2.45, 2.75) is 19.3 Å². The lowest BCUT2D eigenvalue weighted by Crippen LogP contribution is -2.22. The number of methoxy groups -OCH3 is 2. The summed E-state index contributed by atoms with van der Waals surface area (Å²) in [5.74, 6) is -0.0304. The summed E-state index contributed by atoms with van der Waals surface area (Å²) in [5, 5.41) is 9.61. The van der Waals surface area contributed by atoms with E-state index in [1.165, 1.54) is 7.11 Å². The SMILES string of the molecule is COc1cc2c(c(Cl)c1OC)CC[C@H](C(=O)O)C2. The molecule has 0 aromatic heterocycles. The van der Waals surface area contributed by atoms with Crippen LogP contribution >= 0.6 is 11.6 Å². The topological polar surface area (TPSA) is 55.8 Å². The molecule has 0 saturated carbocycles. The van der Waals surface area contributed by atoms with Gasteiger partial charge in [0.2, 0.25) is 0 Å². The van der Waals surface area contributed by atoms with Gasteiger partial charge in [-0.2, -0.15) is 0 Å². The molecule has 5 heteroatoms. The van der Waals surface area contributed by atoms with Gasteiger partial charge in [0.15, 0.2) is 11.5 Å². The van der Waals surface area contributed by atoms with Crippen LogP contribution in [0.3, 0.4) is 0 Å². The molecule has 1 atom stereocenters. The second-order valence-corrected chi connectivity index (χ2v) is 4.72. The number of ether oxygens (including phenoxy) is 2. The molecular weight excluding hydrogens is 256 g/mol. The molecule has 4 nitrogen and oxygen atoms in total. The molecule has 0 unspecified atom stereocenters. The van der Waals surface area contributed by atoms with E-state index >= 15 is 0 Å². The number of benzene rings is 1. The number of carboxylic acids is 1. The maximum atomic E-state index is 11.0. The van der Waals surface area contributed by atoms with Crippen LogP contribution in [-0.2, 0) is 17.6 Å². The van der Waals surface area contributed by atoms with Crippen molar-refractivity contribution in [3.8, 4) is 11.5 Å². The summed E-state index contributed by atoms with van der Waals surface area (Å²) >= 11 is 6.29. The second kappa shape index (κ2) is 5.06. The zero-order valence-corrected chi connectivity index (χ0v) is 11.1. The van der Waals surface area contributed by atoms with E-state index in [0.717, 1.165) is 11.1 Å². The smallest absolute Gasteiger partial charge is 0.306 e. The summed E-state index contributed by atoms with van der Waals surface area (Å²) < 4.78 is 10.5. The Labute approximate surface area is 110 Å². The zero-order valence-electron chi connectivity index (χ0n) is 10.3. The van der Waals surface area contributed by atoms with Crippen molar-refractivity contribution in [2.24, 2.45) is 5.92 Å². The standard InChI is InChI=1S/C13H15ClO4/c1-17-10-6-8-5-7(13(15)16)3-4-9(8)11(14)12(10)18-2/h6-7H,3-5H2,1-2H3,(H,15,16)/t7-/m0/s1. The van der Waals surface area contributed by atoms with Gasteiger partial charge in [0.25, 0.3) is 0 Å². The van der Waals surface area contributed by atoms with E-state index in [9.17, 15) is 4.79 Å². The Balaban J connectivity index is 2.46. The lowest BCUT2D eigenvalue weighted by Gasteiger charge is -2.24. The van der Waals surface area contributed by atoms with Crippen molar-refractivity contribution >= 4 is 17.6 Å². The van der Waals surface area contributed by atoms with Crippen molar-refractivity contribution in [2.75, 3.05) is 14.2 Å². The van der Waals surface area contributed by atoms with Gasteiger partial charge in [-0.25, -0.2) is 0 Å². The van der Waals surface area contributed by atoms with Crippen LogP contribution in [0.5, 0.6) is 11.5 Å². The molecule has 1 aromatic carbocycles. The first kappa shape index (κ1) is 13.0. The van der Waals surface area contributed by atoms with Gasteiger partial charge in [-0.1, -0.05) is 11.6 Å². The number of hydrogen-bond acceptors (Lipinski definition) is 3. The lowest BCUT2D eigenvalue weighted by atomic mass is 9.83. The minimum Gasteiger partial charge on any atom is -0.493 e. The van der Waals surface area contributed by atoms with E-state index in [-0.39, 0.29) is 5.92 Å². The molecule has 0 fully saturated rings. The highest BCUT2D eigenvalue weighted by atomic mass is 35.5. The maximum Gasteiger partial charge on any atom is 0.306 e. The molecule has 2 rings (SSSR count). The van der Waals surface area contributed by atoms with Gasteiger partial charge in [-0.3, -0.25) is 4.79 Å². The first-order valence-electron chi connectivity index (χ1n) is 5.73. The first-order valence-corrected chi connectivity index (χ1v) is 6.11. The van der Waals surface area contributed by atoms with Crippen LogP contribution in [0.25, 0.3) is 0 Å². The Kier molecular flexibility index (Phi) is 3.66. The number of carboxylic acid groups (broad SMARTS) is 1. The maximum absolute atomic E-state index is 11.0. The number of carbonyl (C=O) groups is 1. The number of halogens is 1. The highest BCUT2D eigenvalue weighted by Gasteiger charge is 2.28. The molecule has 0 aliphatic heterocycles. The third-order valence-electron chi connectivity index (χ3n) is 3.36. The van der Waals surface area contributed by atoms with Crippen LogP contribution < -0.4 is 9.47 Å². The van der Waals surface area contributed by atoms with E-state index in [1.54, 1.807) is 7.11 Å². The number of hydrogen-bond donors (Lipinski definition) is 1. The minimum atomic E-state index is -0.758. The van der Waals surface area contributed by atoms with Crippen LogP contribution in [-0.4, -0.2) is 25.3 Å². The highest BCUT2D eigenvalue weighted by Crippen LogP contribution is 2.42. The van der Waals surface area contributed by atoms with Crippen molar-refractivity contribution in [1.29, 1.82) is 0 Å². The predicted molar refractivity (Wildman–Crippen MR) is 67.7 cm³/mol. The van der Waals surface area contributed by atoms with E-state index in [0.29, 0.717) is 35.8 Å². The van der Waals surface area contributed by atoms with Gasteiger partial charge in [0.05, 0.1) is 25.2 Å². The molecule has 0 spiro atoms. The Bertz CT molecular complexity index is 484. The van der Waals surface area contributed by atoms with E-state index in [1.807, 2.05) is 6.07 Å². The third kappa shape index (κ3) is 2.12. The third-order valence-corrected chi connectivity index (χ3v) is 3.76. The van der Waals surface area contributed by atoms with Crippen LogP contribution in [0.4, 0.5) is 0 Å². The summed E-state index contributed by atoms with van der Waals surface area (Å²) in [6.45, 7) is 0. The zero-order chi connectivity index (χ0) is 13.3. The van der Waals surface area contributed by atoms with Gasteiger partial charge in [0.1, 0.15) is 0 Å². The monoisotopic (exact) mass is 270 g/mol. The molecule has 0 saturated heterocycles. The van der Waals surface area contributed by atoms with Crippen molar-refractivity contribution in [3.05, 3.63) is 22.2 Å². The van der Waals surface area contributed by atoms with Gasteiger partial charge in [-0.05, 0) is 36.5 Å². The summed E-state index contributed by atoms with van der Waals surface area (Å²) in [4.78, 5) is 11.0. The Morgan fingerprint density at radius 2 is 2.17 bits per heavy atom. The van der Waals surface area contributed by atoms with Gasteiger partial charge in [0, 0.05) is 0 Å². The summed E-state index contributed by atoms with van der Waals surface area (Å²) in [7, 11) is 3.08. The quantitative estimate of drug-likeness (QED) is 0.917. The Morgan fingerprint density at radius 3 is 2.72 bits per heavy atom. The van der Waals surface area contributed by atoms with E-state index < -0.39 is 5.97 Å². The van der Waals surface area contributed by atoms with Crippen molar-refractivity contribution in [3.63, 3.8) is 0 Å². The summed E-state index contributed by atoms with van der Waals surface area (Å²) in [5.41, 5.74) is 1.92. The summed E-state index contributed by atoms with van der Waals surface area (Å²) in [6, 6.07) is 1.83. The minimum absolute atomic E-state index is 0.341. The number of rotatable bonds is 3. The van der Waals surface area contributed by atoms with Crippen molar-refractivity contribution < 1.29 is 19.4 Å². The normalized spacial score (nSPS) is 18.1. The fourth-order valence-electron chi connectivity index (χ4n) is 2.39. The second-order valence-electron chi connectivity index (χ2n) is 4.34. The molecule has 18 heavy (non-hydrogen) atoms. The molecule has 0 bridgehead atoms. The average Bonchev–Trinajstić information content (AvgIpc) is 2.37. The fraction of sp³-hybridized carbons (Fsp3) is 0.462. The van der Waals surface area contributed by atoms with Crippen LogP contribution in [0.1, 0.15) is 17.5 Å². The summed E-state index contributed by atoms with van der Waals surface area (Å²) in [6.07, 6.45) is 1.76. The molecule has 1 N–H and O–H groups in total. The molecule has 0 radical (unpaired) electrons. The highest BCUT2D eigenvalue weighted by molar-refractivity contribution is 6.33. The van der Waals surface area contributed by atoms with Crippen LogP contribution in [0.15, 0.2) is 6.07 Å². The molecule has 98 valence electrons. The predicted octanol–water partition coefficient (Wildman–Crippen LogP) is 2.55. The molecule has 1 aromatic rings. The largest absolute Gasteiger partial charge is 0.493 e. The molecule has 1 aliphatic rings.